The molecule has 2 heterocycles. The molecule has 166 valence electrons. The Kier molecular flexibility index (Phi) is 6.97. The van der Waals surface area contributed by atoms with Gasteiger partial charge in [0.2, 0.25) is 0 Å². The number of halogens is 1. The molecule has 0 unspecified atom stereocenters. The van der Waals surface area contributed by atoms with Crippen LogP contribution in [-0.2, 0) is 4.79 Å². The van der Waals surface area contributed by atoms with Gasteiger partial charge >= 0.3 is 0 Å². The number of nitrogens with zero attached hydrogens (tertiary/aromatic N) is 2. The number of aryl methyl sites for hydroxylation is 1. The Hall–Kier alpha value is -3.03. The molecule has 0 spiro atoms. The molecule has 1 aromatic heterocycles. The van der Waals surface area contributed by atoms with E-state index < -0.39 is 0 Å². The summed E-state index contributed by atoms with van der Waals surface area (Å²) in [6.45, 7) is 4.60. The number of ether oxygens (including phenoxy) is 1. The smallest absolute Gasteiger partial charge is 0.264 e. The van der Waals surface area contributed by atoms with Crippen molar-refractivity contribution in [1.82, 2.24) is 4.90 Å². The van der Waals surface area contributed by atoms with Crippen LogP contribution in [0.4, 0.5) is 11.4 Å². The number of benzene rings is 2. The summed E-state index contributed by atoms with van der Waals surface area (Å²) >= 11 is 7.97. The van der Waals surface area contributed by atoms with Gasteiger partial charge in [-0.1, -0.05) is 35.4 Å². The number of amides is 2. The van der Waals surface area contributed by atoms with Crippen LogP contribution in [0.1, 0.15) is 15.2 Å². The van der Waals surface area contributed by atoms with Crippen LogP contribution in [0.15, 0.2) is 60.0 Å². The fourth-order valence-corrected chi connectivity index (χ4v) is 4.52. The molecule has 4 rings (SSSR count). The zero-order valence-corrected chi connectivity index (χ0v) is 19.3. The highest BCUT2D eigenvalue weighted by Crippen LogP contribution is 2.30. The Morgan fingerprint density at radius 3 is 2.47 bits per heavy atom. The monoisotopic (exact) mass is 469 g/mol. The van der Waals surface area contributed by atoms with E-state index in [1.165, 1.54) is 11.3 Å². The van der Waals surface area contributed by atoms with Crippen LogP contribution in [0.5, 0.6) is 5.75 Å². The average molecular weight is 470 g/mol. The molecule has 1 saturated heterocycles. The van der Waals surface area contributed by atoms with Crippen molar-refractivity contribution < 1.29 is 14.3 Å². The summed E-state index contributed by atoms with van der Waals surface area (Å²) in [5.41, 5.74) is 2.64. The Balaban J connectivity index is 1.30. The van der Waals surface area contributed by atoms with Gasteiger partial charge in [0, 0.05) is 31.9 Å². The van der Waals surface area contributed by atoms with E-state index in [9.17, 15) is 9.59 Å². The van der Waals surface area contributed by atoms with Gasteiger partial charge in [0.1, 0.15) is 5.75 Å². The molecule has 0 atom stereocenters. The molecule has 3 aromatic rings. The Morgan fingerprint density at radius 2 is 1.81 bits per heavy atom. The topological polar surface area (TPSA) is 61.9 Å². The molecule has 0 bridgehead atoms. The lowest BCUT2D eigenvalue weighted by Gasteiger charge is -2.36. The normalized spacial score (nSPS) is 13.7. The molecule has 0 aliphatic carbocycles. The highest BCUT2D eigenvalue weighted by molar-refractivity contribution is 7.12. The minimum Gasteiger partial charge on any atom is -0.484 e. The molecule has 1 aliphatic heterocycles. The summed E-state index contributed by atoms with van der Waals surface area (Å²) in [7, 11) is 0. The van der Waals surface area contributed by atoms with E-state index >= 15 is 0 Å². The van der Waals surface area contributed by atoms with E-state index in [-0.39, 0.29) is 18.4 Å². The second-order valence-corrected chi connectivity index (χ2v) is 8.93. The molecular weight excluding hydrogens is 446 g/mol. The summed E-state index contributed by atoms with van der Waals surface area (Å²) < 4.78 is 5.52. The SMILES string of the molecule is Cc1ccc(OCC(=O)Nc2ccc(N3CCN(C(=O)c4cccs4)CC3)c(Cl)c2)cc1. The van der Waals surface area contributed by atoms with Crippen LogP contribution in [0.2, 0.25) is 5.02 Å². The van der Waals surface area contributed by atoms with Crippen LogP contribution in [0.3, 0.4) is 0 Å². The number of rotatable bonds is 6. The molecule has 0 radical (unpaired) electrons. The molecule has 32 heavy (non-hydrogen) atoms. The van der Waals surface area contributed by atoms with E-state index in [4.69, 9.17) is 16.3 Å². The summed E-state index contributed by atoms with van der Waals surface area (Å²) in [5, 5.41) is 5.28. The third-order valence-corrected chi connectivity index (χ3v) is 6.42. The van der Waals surface area contributed by atoms with Crippen LogP contribution in [-0.4, -0.2) is 49.5 Å². The standard InChI is InChI=1S/C24H24ClN3O3S/c1-17-4-7-19(8-5-17)31-16-23(29)26-18-6-9-21(20(25)15-18)27-10-12-28(13-11-27)24(30)22-3-2-14-32-22/h2-9,14-15H,10-13,16H2,1H3,(H,26,29). The van der Waals surface area contributed by atoms with Crippen molar-refractivity contribution >= 4 is 46.1 Å². The van der Waals surface area contributed by atoms with Crippen molar-refractivity contribution in [3.63, 3.8) is 0 Å². The number of nitrogens with one attached hydrogen (secondary N) is 1. The van der Waals surface area contributed by atoms with Gasteiger partial charge in [0.05, 0.1) is 15.6 Å². The van der Waals surface area contributed by atoms with Crippen LogP contribution >= 0.6 is 22.9 Å². The van der Waals surface area contributed by atoms with Gasteiger partial charge in [-0.15, -0.1) is 11.3 Å². The molecule has 2 amide bonds. The van der Waals surface area contributed by atoms with Gasteiger partial charge in [-0.25, -0.2) is 0 Å². The van der Waals surface area contributed by atoms with Crippen molar-refractivity contribution in [1.29, 1.82) is 0 Å². The van der Waals surface area contributed by atoms with Crippen LogP contribution in [0.25, 0.3) is 0 Å². The number of carbonyl (C=O) groups excluding carboxylic acids is 2. The summed E-state index contributed by atoms with van der Waals surface area (Å²) in [6.07, 6.45) is 0. The van der Waals surface area contributed by atoms with Gasteiger partial charge in [-0.3, -0.25) is 9.59 Å². The Bertz CT molecular complexity index is 1080. The second kappa shape index (κ2) is 10.1. The molecule has 1 fully saturated rings. The maximum atomic E-state index is 12.5. The first kappa shape index (κ1) is 22.2. The van der Waals surface area contributed by atoms with E-state index in [1.54, 1.807) is 6.07 Å². The molecule has 2 aromatic carbocycles. The van der Waals surface area contributed by atoms with E-state index in [0.29, 0.717) is 42.6 Å². The molecule has 0 saturated carbocycles. The summed E-state index contributed by atoms with van der Waals surface area (Å²) in [6, 6.07) is 16.8. The maximum absolute atomic E-state index is 12.5. The summed E-state index contributed by atoms with van der Waals surface area (Å²) in [5.74, 6) is 0.475. The average Bonchev–Trinajstić information content (AvgIpc) is 3.34. The zero-order valence-electron chi connectivity index (χ0n) is 17.7. The van der Waals surface area contributed by atoms with Crippen molar-refractivity contribution in [2.45, 2.75) is 6.92 Å². The predicted molar refractivity (Wildman–Crippen MR) is 129 cm³/mol. The number of hydrogen-bond acceptors (Lipinski definition) is 5. The van der Waals surface area contributed by atoms with Crippen molar-refractivity contribution in [2.75, 3.05) is 43.0 Å². The minimum absolute atomic E-state index is 0.0802. The van der Waals surface area contributed by atoms with Gasteiger partial charge < -0.3 is 19.9 Å². The first-order chi connectivity index (χ1) is 15.5. The Labute approximate surface area is 196 Å². The minimum atomic E-state index is -0.255. The van der Waals surface area contributed by atoms with E-state index in [2.05, 4.69) is 10.2 Å². The van der Waals surface area contributed by atoms with Gasteiger partial charge in [-0.2, -0.15) is 0 Å². The molecule has 1 aliphatic rings. The third kappa shape index (κ3) is 5.41. The molecule has 8 heteroatoms. The van der Waals surface area contributed by atoms with Crippen LogP contribution < -0.4 is 15.0 Å². The first-order valence-corrected chi connectivity index (χ1v) is 11.6. The van der Waals surface area contributed by atoms with Crippen molar-refractivity contribution in [3.05, 3.63) is 75.4 Å². The predicted octanol–water partition coefficient (Wildman–Crippen LogP) is 4.69. The summed E-state index contributed by atoms with van der Waals surface area (Å²) in [4.78, 5) is 29.5. The van der Waals surface area contributed by atoms with Crippen LogP contribution in [0, 0.1) is 6.92 Å². The number of carbonyl (C=O) groups is 2. The van der Waals surface area contributed by atoms with Crippen molar-refractivity contribution in [3.8, 4) is 5.75 Å². The Morgan fingerprint density at radius 1 is 1.06 bits per heavy atom. The van der Waals surface area contributed by atoms with Gasteiger partial charge in [-0.05, 0) is 48.7 Å². The zero-order chi connectivity index (χ0) is 22.5. The highest BCUT2D eigenvalue weighted by Gasteiger charge is 2.24. The largest absolute Gasteiger partial charge is 0.484 e. The first-order valence-electron chi connectivity index (χ1n) is 10.4. The lowest BCUT2D eigenvalue weighted by molar-refractivity contribution is -0.118. The quantitative estimate of drug-likeness (QED) is 0.569. The molecular formula is C24H24ClN3O3S. The fourth-order valence-electron chi connectivity index (χ4n) is 3.53. The fraction of sp³-hybridized carbons (Fsp3) is 0.250. The lowest BCUT2D eigenvalue weighted by atomic mass is 10.2. The van der Waals surface area contributed by atoms with E-state index in [0.717, 1.165) is 16.1 Å². The second-order valence-electron chi connectivity index (χ2n) is 7.57. The third-order valence-electron chi connectivity index (χ3n) is 5.26. The number of hydrogen-bond donors (Lipinski definition) is 1. The van der Waals surface area contributed by atoms with Gasteiger partial charge in [0.25, 0.3) is 11.8 Å². The maximum Gasteiger partial charge on any atom is 0.264 e. The number of anilines is 2. The number of piperazine rings is 1. The van der Waals surface area contributed by atoms with E-state index in [1.807, 2.05) is 65.7 Å². The van der Waals surface area contributed by atoms with Gasteiger partial charge in [0.15, 0.2) is 6.61 Å². The molecule has 1 N–H and O–H groups in total. The lowest BCUT2D eigenvalue weighted by Crippen LogP contribution is -2.48. The highest BCUT2D eigenvalue weighted by atomic mass is 35.5. The van der Waals surface area contributed by atoms with Crippen molar-refractivity contribution in [2.24, 2.45) is 0 Å². The number of thiophene rings is 1. The molecule has 6 nitrogen and oxygen atoms in total.